The maximum absolute atomic E-state index is 5.42. The van der Waals surface area contributed by atoms with E-state index in [0.29, 0.717) is 6.04 Å². The molecule has 1 fully saturated rings. The van der Waals surface area contributed by atoms with E-state index in [1.165, 1.54) is 36.8 Å². The molecule has 0 aliphatic heterocycles. The number of rotatable bonds is 5. The molecular weight excluding hydrogens is 389 g/mol. The van der Waals surface area contributed by atoms with Crippen molar-refractivity contribution in [1.82, 2.24) is 10.6 Å². The number of nitrogens with zero attached hydrogens (tertiary/aromatic N) is 1. The Morgan fingerprint density at radius 2 is 2.05 bits per heavy atom. The fourth-order valence-corrected chi connectivity index (χ4v) is 2.88. The lowest BCUT2D eigenvalue weighted by molar-refractivity contribution is 0.409. The summed E-state index contributed by atoms with van der Waals surface area (Å²) in [5, 5.41) is 6.90. The molecule has 0 atom stereocenters. The quantitative estimate of drug-likeness (QED) is 0.439. The Kier molecular flexibility index (Phi) is 8.60. The summed E-state index contributed by atoms with van der Waals surface area (Å²) >= 11 is 0. The SMILES string of the molecule is CN=C(NCCc1cc(C)ccc1OC)NC1CCCC1.I. The molecule has 2 N–H and O–H groups in total. The van der Waals surface area contributed by atoms with Gasteiger partial charge in [0.25, 0.3) is 0 Å². The summed E-state index contributed by atoms with van der Waals surface area (Å²) in [5.74, 6) is 1.87. The average molecular weight is 417 g/mol. The van der Waals surface area contributed by atoms with Gasteiger partial charge < -0.3 is 15.4 Å². The highest BCUT2D eigenvalue weighted by molar-refractivity contribution is 14.0. The minimum Gasteiger partial charge on any atom is -0.496 e. The first kappa shape index (κ1) is 19.1. The Hall–Kier alpha value is -0.980. The van der Waals surface area contributed by atoms with E-state index >= 15 is 0 Å². The lowest BCUT2D eigenvalue weighted by atomic mass is 10.1. The normalized spacial score (nSPS) is 15.3. The topological polar surface area (TPSA) is 45.7 Å². The predicted molar refractivity (Wildman–Crippen MR) is 104 cm³/mol. The van der Waals surface area contributed by atoms with Crippen molar-refractivity contribution in [2.45, 2.75) is 45.1 Å². The van der Waals surface area contributed by atoms with Gasteiger partial charge in [0.05, 0.1) is 7.11 Å². The molecule has 0 aromatic heterocycles. The highest BCUT2D eigenvalue weighted by Gasteiger charge is 2.15. The summed E-state index contributed by atoms with van der Waals surface area (Å²) in [6.07, 6.45) is 6.10. The van der Waals surface area contributed by atoms with E-state index in [9.17, 15) is 0 Å². The molecule has 4 nitrogen and oxygen atoms in total. The molecule has 2 rings (SSSR count). The van der Waals surface area contributed by atoms with Gasteiger partial charge in [-0.05, 0) is 37.8 Å². The number of aryl methyl sites for hydroxylation is 1. The first-order valence-electron chi connectivity index (χ1n) is 7.83. The molecule has 1 saturated carbocycles. The number of nitrogens with one attached hydrogen (secondary N) is 2. The van der Waals surface area contributed by atoms with Crippen LogP contribution in [0.5, 0.6) is 5.75 Å². The number of methoxy groups -OCH3 is 1. The van der Waals surface area contributed by atoms with Gasteiger partial charge in [-0.25, -0.2) is 0 Å². The van der Waals surface area contributed by atoms with Gasteiger partial charge in [-0.2, -0.15) is 0 Å². The van der Waals surface area contributed by atoms with Crippen LogP contribution in [0, 0.1) is 6.92 Å². The van der Waals surface area contributed by atoms with E-state index in [4.69, 9.17) is 4.74 Å². The van der Waals surface area contributed by atoms with Crippen molar-refractivity contribution >= 4 is 29.9 Å². The standard InChI is InChI=1S/C17H27N3O.HI/c1-13-8-9-16(21-3)14(12-13)10-11-19-17(18-2)20-15-6-4-5-7-15;/h8-9,12,15H,4-7,10-11H2,1-3H3,(H2,18,19,20);1H. The molecule has 124 valence electrons. The molecule has 1 aromatic carbocycles. The summed E-state index contributed by atoms with van der Waals surface area (Å²) in [6, 6.07) is 6.89. The minimum atomic E-state index is 0. The van der Waals surface area contributed by atoms with E-state index in [1.54, 1.807) is 7.11 Å². The third kappa shape index (κ3) is 5.66. The van der Waals surface area contributed by atoms with Crippen LogP contribution in [0.15, 0.2) is 23.2 Å². The number of hydrogen-bond donors (Lipinski definition) is 2. The number of hydrogen-bond acceptors (Lipinski definition) is 2. The molecule has 0 bridgehead atoms. The molecule has 0 unspecified atom stereocenters. The molecule has 0 amide bonds. The van der Waals surface area contributed by atoms with Gasteiger partial charge >= 0.3 is 0 Å². The van der Waals surface area contributed by atoms with Gasteiger partial charge in [-0.3, -0.25) is 4.99 Å². The van der Waals surface area contributed by atoms with Crippen molar-refractivity contribution in [1.29, 1.82) is 0 Å². The van der Waals surface area contributed by atoms with Crippen molar-refractivity contribution < 1.29 is 4.74 Å². The van der Waals surface area contributed by atoms with Crippen LogP contribution < -0.4 is 15.4 Å². The van der Waals surface area contributed by atoms with Crippen molar-refractivity contribution in [2.75, 3.05) is 20.7 Å². The van der Waals surface area contributed by atoms with Crippen LogP contribution in [-0.4, -0.2) is 32.7 Å². The molecule has 0 saturated heterocycles. The molecule has 1 aromatic rings. The first-order chi connectivity index (χ1) is 10.2. The summed E-state index contributed by atoms with van der Waals surface area (Å²) in [6.45, 7) is 2.96. The molecular formula is C17H28IN3O. The van der Waals surface area contributed by atoms with Crippen molar-refractivity contribution in [2.24, 2.45) is 4.99 Å². The number of benzene rings is 1. The summed E-state index contributed by atoms with van der Waals surface area (Å²) in [7, 11) is 3.56. The van der Waals surface area contributed by atoms with Crippen LogP contribution in [0.1, 0.15) is 36.8 Å². The second kappa shape index (κ2) is 9.92. The molecule has 5 heteroatoms. The summed E-state index contributed by atoms with van der Waals surface area (Å²) in [5.41, 5.74) is 2.50. The molecule has 0 spiro atoms. The molecule has 0 heterocycles. The zero-order chi connectivity index (χ0) is 15.1. The minimum absolute atomic E-state index is 0. The largest absolute Gasteiger partial charge is 0.496 e. The van der Waals surface area contributed by atoms with E-state index in [0.717, 1.165) is 24.7 Å². The maximum atomic E-state index is 5.42. The number of aliphatic imine (C=N–C) groups is 1. The molecule has 22 heavy (non-hydrogen) atoms. The predicted octanol–water partition coefficient (Wildman–Crippen LogP) is 3.27. The van der Waals surface area contributed by atoms with Gasteiger partial charge in [-0.15, -0.1) is 24.0 Å². The molecule has 1 aliphatic carbocycles. The Bertz CT molecular complexity index is 485. The zero-order valence-electron chi connectivity index (χ0n) is 13.8. The monoisotopic (exact) mass is 417 g/mol. The van der Waals surface area contributed by atoms with E-state index in [-0.39, 0.29) is 24.0 Å². The van der Waals surface area contributed by atoms with Crippen LogP contribution in [-0.2, 0) is 6.42 Å². The second-order valence-electron chi connectivity index (χ2n) is 5.69. The molecule has 1 aliphatic rings. The zero-order valence-corrected chi connectivity index (χ0v) is 16.1. The van der Waals surface area contributed by atoms with Gasteiger partial charge in [-0.1, -0.05) is 30.5 Å². The average Bonchev–Trinajstić information content (AvgIpc) is 2.99. The number of guanidine groups is 1. The van der Waals surface area contributed by atoms with Crippen molar-refractivity contribution in [3.8, 4) is 5.75 Å². The lowest BCUT2D eigenvalue weighted by Gasteiger charge is -2.17. The third-order valence-corrected chi connectivity index (χ3v) is 4.04. The van der Waals surface area contributed by atoms with Crippen molar-refractivity contribution in [3.05, 3.63) is 29.3 Å². The first-order valence-corrected chi connectivity index (χ1v) is 7.83. The smallest absolute Gasteiger partial charge is 0.191 e. The summed E-state index contributed by atoms with van der Waals surface area (Å²) in [4.78, 5) is 4.31. The lowest BCUT2D eigenvalue weighted by Crippen LogP contribution is -2.43. The number of halogens is 1. The van der Waals surface area contributed by atoms with E-state index in [1.807, 2.05) is 13.1 Å². The van der Waals surface area contributed by atoms with Crippen LogP contribution in [0.25, 0.3) is 0 Å². The summed E-state index contributed by atoms with van der Waals surface area (Å²) < 4.78 is 5.42. The third-order valence-electron chi connectivity index (χ3n) is 4.04. The van der Waals surface area contributed by atoms with Crippen LogP contribution in [0.3, 0.4) is 0 Å². The van der Waals surface area contributed by atoms with Gasteiger partial charge in [0.15, 0.2) is 5.96 Å². The van der Waals surface area contributed by atoms with E-state index in [2.05, 4.69) is 34.7 Å². The van der Waals surface area contributed by atoms with Gasteiger partial charge in [0.2, 0.25) is 0 Å². The van der Waals surface area contributed by atoms with Crippen LogP contribution in [0.4, 0.5) is 0 Å². The fraction of sp³-hybridized carbons (Fsp3) is 0.588. The highest BCUT2D eigenvalue weighted by Crippen LogP contribution is 2.20. The van der Waals surface area contributed by atoms with Crippen LogP contribution in [0.2, 0.25) is 0 Å². The van der Waals surface area contributed by atoms with Crippen molar-refractivity contribution in [3.63, 3.8) is 0 Å². The molecule has 0 radical (unpaired) electrons. The van der Waals surface area contributed by atoms with Crippen LogP contribution >= 0.6 is 24.0 Å². The second-order valence-corrected chi connectivity index (χ2v) is 5.69. The van der Waals surface area contributed by atoms with E-state index < -0.39 is 0 Å². The highest BCUT2D eigenvalue weighted by atomic mass is 127. The Labute approximate surface area is 151 Å². The Balaban J connectivity index is 0.00000242. The number of ether oxygens (including phenoxy) is 1. The van der Waals surface area contributed by atoms with Gasteiger partial charge in [0, 0.05) is 19.6 Å². The Morgan fingerprint density at radius 3 is 2.68 bits per heavy atom. The van der Waals surface area contributed by atoms with Gasteiger partial charge in [0.1, 0.15) is 5.75 Å². The Morgan fingerprint density at radius 1 is 1.32 bits per heavy atom. The maximum Gasteiger partial charge on any atom is 0.191 e. The fourth-order valence-electron chi connectivity index (χ4n) is 2.88.